The summed E-state index contributed by atoms with van der Waals surface area (Å²) in [6.45, 7) is 3.73. The number of aromatic nitrogens is 2. The van der Waals surface area contributed by atoms with Crippen molar-refractivity contribution < 1.29 is 19.1 Å². The highest BCUT2D eigenvalue weighted by atomic mass is 16.5. The Kier molecular flexibility index (Phi) is 6.15. The van der Waals surface area contributed by atoms with Crippen molar-refractivity contribution in [2.75, 3.05) is 43.0 Å². The number of nitrogens with one attached hydrogen (secondary N) is 1. The van der Waals surface area contributed by atoms with E-state index in [1.165, 1.54) is 11.0 Å². The van der Waals surface area contributed by atoms with Gasteiger partial charge in [0.1, 0.15) is 0 Å². The van der Waals surface area contributed by atoms with Crippen LogP contribution in [-0.4, -0.2) is 65.4 Å². The van der Waals surface area contributed by atoms with Gasteiger partial charge in [0.15, 0.2) is 0 Å². The van der Waals surface area contributed by atoms with Gasteiger partial charge in [0.2, 0.25) is 5.95 Å². The fraction of sp³-hybridized carbons (Fsp3) is 0.316. The Morgan fingerprint density at radius 2 is 1.71 bits per heavy atom. The molecule has 0 radical (unpaired) electrons. The Morgan fingerprint density at radius 3 is 2.39 bits per heavy atom. The van der Waals surface area contributed by atoms with Crippen molar-refractivity contribution in [2.45, 2.75) is 6.92 Å². The first-order valence-electron chi connectivity index (χ1n) is 8.98. The van der Waals surface area contributed by atoms with Gasteiger partial charge in [0, 0.05) is 38.6 Å². The molecule has 1 saturated heterocycles. The maximum atomic E-state index is 12.5. The van der Waals surface area contributed by atoms with Crippen molar-refractivity contribution in [1.29, 1.82) is 0 Å². The molecule has 0 spiro atoms. The Labute approximate surface area is 162 Å². The summed E-state index contributed by atoms with van der Waals surface area (Å²) in [5.74, 6) is -1.39. The second-order valence-corrected chi connectivity index (χ2v) is 6.05. The Balaban J connectivity index is 1.60. The average molecular weight is 383 g/mol. The van der Waals surface area contributed by atoms with Gasteiger partial charge in [0.25, 0.3) is 0 Å². The molecule has 146 valence electrons. The summed E-state index contributed by atoms with van der Waals surface area (Å²) >= 11 is 0. The van der Waals surface area contributed by atoms with Gasteiger partial charge in [-0.2, -0.15) is 0 Å². The zero-order valence-corrected chi connectivity index (χ0v) is 15.5. The highest BCUT2D eigenvalue weighted by Crippen LogP contribution is 2.17. The number of amides is 2. The second-order valence-electron chi connectivity index (χ2n) is 6.05. The van der Waals surface area contributed by atoms with Crippen LogP contribution in [0.1, 0.15) is 17.3 Å². The van der Waals surface area contributed by atoms with Crippen LogP contribution < -0.4 is 10.2 Å². The standard InChI is InChI=1S/C19H21N5O4/c1-2-28-18(27)14-6-3-4-7-15(14)22-16(25)17(26)23-10-12-24(13-11-23)19-20-8-5-9-21-19/h3-9H,2,10-13H2,1H3,(H,22,25). The average Bonchev–Trinajstić information content (AvgIpc) is 2.74. The smallest absolute Gasteiger partial charge is 0.340 e. The maximum absolute atomic E-state index is 12.5. The second kappa shape index (κ2) is 8.94. The molecule has 9 heteroatoms. The number of carbonyl (C=O) groups is 3. The van der Waals surface area contributed by atoms with Gasteiger partial charge < -0.3 is 19.9 Å². The van der Waals surface area contributed by atoms with Gasteiger partial charge in [-0.1, -0.05) is 12.1 Å². The van der Waals surface area contributed by atoms with Crippen molar-refractivity contribution in [3.63, 3.8) is 0 Å². The number of anilines is 2. The summed E-state index contributed by atoms with van der Waals surface area (Å²) in [5, 5.41) is 2.52. The first-order valence-corrected chi connectivity index (χ1v) is 8.98. The van der Waals surface area contributed by atoms with Gasteiger partial charge in [-0.3, -0.25) is 9.59 Å². The van der Waals surface area contributed by atoms with E-state index in [0.29, 0.717) is 32.1 Å². The highest BCUT2D eigenvalue weighted by molar-refractivity contribution is 6.39. The topological polar surface area (TPSA) is 105 Å². The van der Waals surface area contributed by atoms with Crippen LogP contribution >= 0.6 is 0 Å². The molecule has 2 aromatic rings. The minimum absolute atomic E-state index is 0.205. The number of benzene rings is 1. The van der Waals surface area contributed by atoms with Crippen LogP contribution in [0.3, 0.4) is 0 Å². The third kappa shape index (κ3) is 4.43. The molecule has 9 nitrogen and oxygen atoms in total. The summed E-state index contributed by atoms with van der Waals surface area (Å²) in [6, 6.07) is 8.16. The van der Waals surface area contributed by atoms with E-state index in [9.17, 15) is 14.4 Å². The number of esters is 1. The van der Waals surface area contributed by atoms with E-state index in [1.54, 1.807) is 43.6 Å². The molecule has 1 N–H and O–H groups in total. The van der Waals surface area contributed by atoms with E-state index >= 15 is 0 Å². The number of ether oxygens (including phenoxy) is 1. The van der Waals surface area contributed by atoms with Gasteiger partial charge in [-0.25, -0.2) is 14.8 Å². The zero-order chi connectivity index (χ0) is 19.9. The number of nitrogens with zero attached hydrogens (tertiary/aromatic N) is 4. The minimum Gasteiger partial charge on any atom is -0.462 e. The Morgan fingerprint density at radius 1 is 1.04 bits per heavy atom. The molecule has 0 unspecified atom stereocenters. The van der Waals surface area contributed by atoms with E-state index in [2.05, 4.69) is 15.3 Å². The first kappa shape index (κ1) is 19.3. The monoisotopic (exact) mass is 383 g/mol. The molecule has 1 aromatic carbocycles. The lowest BCUT2D eigenvalue weighted by atomic mass is 10.1. The van der Waals surface area contributed by atoms with Crippen LogP contribution in [-0.2, 0) is 14.3 Å². The third-order valence-corrected chi connectivity index (χ3v) is 4.27. The Bertz CT molecular complexity index is 850. The van der Waals surface area contributed by atoms with Crippen molar-refractivity contribution >= 4 is 29.4 Å². The summed E-state index contributed by atoms with van der Waals surface area (Å²) in [6.07, 6.45) is 3.32. The lowest BCUT2D eigenvalue weighted by Gasteiger charge is -2.34. The Hall–Kier alpha value is -3.49. The molecule has 0 aliphatic carbocycles. The first-order chi connectivity index (χ1) is 13.6. The number of hydrogen-bond acceptors (Lipinski definition) is 7. The van der Waals surface area contributed by atoms with Gasteiger partial charge >= 0.3 is 17.8 Å². The predicted molar refractivity (Wildman–Crippen MR) is 102 cm³/mol. The number of piperazine rings is 1. The number of rotatable bonds is 4. The molecule has 0 atom stereocenters. The molecule has 0 bridgehead atoms. The molecule has 0 saturated carbocycles. The van der Waals surface area contributed by atoms with Crippen molar-refractivity contribution in [1.82, 2.24) is 14.9 Å². The molecule has 1 aliphatic rings. The lowest BCUT2D eigenvalue weighted by Crippen LogP contribution is -2.52. The van der Waals surface area contributed by atoms with Crippen LogP contribution in [0.2, 0.25) is 0 Å². The molecular weight excluding hydrogens is 362 g/mol. The largest absolute Gasteiger partial charge is 0.462 e. The van der Waals surface area contributed by atoms with Crippen molar-refractivity contribution in [3.8, 4) is 0 Å². The van der Waals surface area contributed by atoms with Gasteiger partial charge in [-0.15, -0.1) is 0 Å². The quantitative estimate of drug-likeness (QED) is 0.619. The molecule has 2 heterocycles. The summed E-state index contributed by atoms with van der Waals surface area (Å²) in [7, 11) is 0. The van der Waals surface area contributed by atoms with E-state index in [1.807, 2.05) is 4.90 Å². The van der Waals surface area contributed by atoms with Crippen LogP contribution in [0.25, 0.3) is 0 Å². The molecule has 1 fully saturated rings. The summed E-state index contributed by atoms with van der Waals surface area (Å²) < 4.78 is 4.98. The van der Waals surface area contributed by atoms with Gasteiger partial charge in [-0.05, 0) is 25.1 Å². The summed E-state index contributed by atoms with van der Waals surface area (Å²) in [5.41, 5.74) is 0.451. The van der Waals surface area contributed by atoms with Gasteiger partial charge in [0.05, 0.1) is 17.9 Å². The van der Waals surface area contributed by atoms with Crippen LogP contribution in [0.4, 0.5) is 11.6 Å². The molecule has 1 aromatic heterocycles. The maximum Gasteiger partial charge on any atom is 0.340 e. The molecule has 3 rings (SSSR count). The number of hydrogen-bond donors (Lipinski definition) is 1. The number of carbonyl (C=O) groups excluding carboxylic acids is 3. The van der Waals surface area contributed by atoms with Crippen LogP contribution in [0, 0.1) is 0 Å². The van der Waals surface area contributed by atoms with E-state index in [0.717, 1.165) is 0 Å². The fourth-order valence-corrected chi connectivity index (χ4v) is 2.86. The van der Waals surface area contributed by atoms with Crippen molar-refractivity contribution in [2.24, 2.45) is 0 Å². The summed E-state index contributed by atoms with van der Waals surface area (Å²) in [4.78, 5) is 48.7. The third-order valence-electron chi connectivity index (χ3n) is 4.27. The van der Waals surface area contributed by atoms with E-state index in [-0.39, 0.29) is 17.9 Å². The van der Waals surface area contributed by atoms with E-state index < -0.39 is 17.8 Å². The normalized spacial score (nSPS) is 13.8. The minimum atomic E-state index is -0.791. The lowest BCUT2D eigenvalue weighted by molar-refractivity contribution is -0.143. The van der Waals surface area contributed by atoms with Crippen LogP contribution in [0.15, 0.2) is 42.7 Å². The highest BCUT2D eigenvalue weighted by Gasteiger charge is 2.27. The SMILES string of the molecule is CCOC(=O)c1ccccc1NC(=O)C(=O)N1CCN(c2ncccn2)CC1. The zero-order valence-electron chi connectivity index (χ0n) is 15.5. The molecular formula is C19H21N5O4. The predicted octanol–water partition coefficient (Wildman–Crippen LogP) is 0.941. The molecule has 1 aliphatic heterocycles. The van der Waals surface area contributed by atoms with E-state index in [4.69, 9.17) is 4.74 Å². The van der Waals surface area contributed by atoms with Crippen LogP contribution in [0.5, 0.6) is 0 Å². The number of para-hydroxylation sites is 1. The van der Waals surface area contributed by atoms with Crippen molar-refractivity contribution in [3.05, 3.63) is 48.3 Å². The molecule has 28 heavy (non-hydrogen) atoms. The molecule has 2 amide bonds. The fourth-order valence-electron chi connectivity index (χ4n) is 2.86.